The number of aryl methyl sites for hydroxylation is 1. The summed E-state index contributed by atoms with van der Waals surface area (Å²) >= 11 is 0. The van der Waals surface area contributed by atoms with Crippen molar-refractivity contribution in [1.82, 2.24) is 9.55 Å². The van der Waals surface area contributed by atoms with E-state index < -0.39 is 0 Å². The van der Waals surface area contributed by atoms with Crippen molar-refractivity contribution in [3.8, 4) is 23.1 Å². The maximum Gasteiger partial charge on any atom is 0.136 e. The van der Waals surface area contributed by atoms with E-state index in [2.05, 4.69) is 11.1 Å². The zero-order valence-corrected chi connectivity index (χ0v) is 9.64. The number of aromatic nitrogens is 2. The Labute approximate surface area is 99.1 Å². The molecule has 0 aliphatic carbocycles. The second-order valence-corrected chi connectivity index (χ2v) is 3.62. The SMILES string of the molecule is COc1ccc(-c2ncn(C)c2N)cc1C#N. The molecule has 0 spiro atoms. The minimum atomic E-state index is 0.468. The van der Waals surface area contributed by atoms with Crippen LogP contribution in [0.5, 0.6) is 5.75 Å². The van der Waals surface area contributed by atoms with Crippen molar-refractivity contribution in [2.45, 2.75) is 0 Å². The van der Waals surface area contributed by atoms with Gasteiger partial charge in [-0.15, -0.1) is 0 Å². The summed E-state index contributed by atoms with van der Waals surface area (Å²) in [6.45, 7) is 0. The van der Waals surface area contributed by atoms with Crippen LogP contribution >= 0.6 is 0 Å². The lowest BCUT2D eigenvalue weighted by atomic mass is 10.1. The predicted molar refractivity (Wildman–Crippen MR) is 64.3 cm³/mol. The van der Waals surface area contributed by atoms with Crippen LogP contribution in [0.15, 0.2) is 24.5 Å². The van der Waals surface area contributed by atoms with Crippen molar-refractivity contribution >= 4 is 5.82 Å². The minimum absolute atomic E-state index is 0.468. The Morgan fingerprint density at radius 3 is 2.76 bits per heavy atom. The van der Waals surface area contributed by atoms with E-state index in [1.807, 2.05) is 13.1 Å². The van der Waals surface area contributed by atoms with Crippen molar-refractivity contribution in [3.05, 3.63) is 30.1 Å². The molecule has 0 radical (unpaired) electrons. The molecule has 2 N–H and O–H groups in total. The van der Waals surface area contributed by atoms with Gasteiger partial charge in [0, 0.05) is 12.6 Å². The number of benzene rings is 1. The normalized spacial score (nSPS) is 9.94. The molecule has 1 aromatic heterocycles. The number of nitriles is 1. The van der Waals surface area contributed by atoms with Gasteiger partial charge in [-0.25, -0.2) is 4.98 Å². The highest BCUT2D eigenvalue weighted by molar-refractivity contribution is 5.72. The van der Waals surface area contributed by atoms with Crippen LogP contribution in [0.4, 0.5) is 5.82 Å². The van der Waals surface area contributed by atoms with Crippen molar-refractivity contribution in [1.29, 1.82) is 5.26 Å². The van der Waals surface area contributed by atoms with E-state index in [0.717, 1.165) is 5.56 Å². The number of nitrogen functional groups attached to an aromatic ring is 1. The number of nitrogens with zero attached hydrogens (tertiary/aromatic N) is 3. The number of ether oxygens (including phenoxy) is 1. The first-order valence-corrected chi connectivity index (χ1v) is 5.02. The molecule has 0 fully saturated rings. The van der Waals surface area contributed by atoms with Gasteiger partial charge in [0.05, 0.1) is 19.0 Å². The maximum atomic E-state index is 9.01. The Hall–Kier alpha value is -2.48. The molecule has 0 saturated heterocycles. The van der Waals surface area contributed by atoms with Gasteiger partial charge in [0.2, 0.25) is 0 Å². The van der Waals surface area contributed by atoms with E-state index in [4.69, 9.17) is 15.7 Å². The zero-order chi connectivity index (χ0) is 12.4. The van der Waals surface area contributed by atoms with Crippen LogP contribution < -0.4 is 10.5 Å². The van der Waals surface area contributed by atoms with Gasteiger partial charge in [0.1, 0.15) is 23.3 Å². The summed E-state index contributed by atoms with van der Waals surface area (Å²) in [6, 6.07) is 7.37. The lowest BCUT2D eigenvalue weighted by Crippen LogP contribution is -1.96. The summed E-state index contributed by atoms with van der Waals surface area (Å²) < 4.78 is 6.81. The van der Waals surface area contributed by atoms with E-state index in [1.54, 1.807) is 23.0 Å². The van der Waals surface area contributed by atoms with E-state index in [1.165, 1.54) is 7.11 Å². The van der Waals surface area contributed by atoms with E-state index in [-0.39, 0.29) is 0 Å². The van der Waals surface area contributed by atoms with E-state index in [0.29, 0.717) is 22.8 Å². The van der Waals surface area contributed by atoms with Crippen LogP contribution in [0.2, 0.25) is 0 Å². The third-order valence-corrected chi connectivity index (χ3v) is 2.58. The minimum Gasteiger partial charge on any atom is -0.495 e. The number of nitrogens with two attached hydrogens (primary N) is 1. The van der Waals surface area contributed by atoms with Crippen molar-refractivity contribution in [2.75, 3.05) is 12.8 Å². The molecule has 0 aliphatic heterocycles. The fourth-order valence-electron chi connectivity index (χ4n) is 1.60. The molecule has 0 bridgehead atoms. The third-order valence-electron chi connectivity index (χ3n) is 2.58. The van der Waals surface area contributed by atoms with Crippen LogP contribution in [-0.4, -0.2) is 16.7 Å². The number of imidazole rings is 1. The van der Waals surface area contributed by atoms with Crippen molar-refractivity contribution in [3.63, 3.8) is 0 Å². The zero-order valence-electron chi connectivity index (χ0n) is 9.64. The lowest BCUT2D eigenvalue weighted by molar-refractivity contribution is 0.413. The smallest absolute Gasteiger partial charge is 0.136 e. The second-order valence-electron chi connectivity index (χ2n) is 3.62. The predicted octanol–water partition coefficient (Wildman–Crippen LogP) is 1.55. The van der Waals surface area contributed by atoms with E-state index >= 15 is 0 Å². The largest absolute Gasteiger partial charge is 0.495 e. The molecule has 86 valence electrons. The van der Waals surface area contributed by atoms with Gasteiger partial charge >= 0.3 is 0 Å². The number of rotatable bonds is 2. The monoisotopic (exact) mass is 228 g/mol. The molecule has 0 unspecified atom stereocenters. The summed E-state index contributed by atoms with van der Waals surface area (Å²) in [7, 11) is 3.35. The lowest BCUT2D eigenvalue weighted by Gasteiger charge is -2.05. The molecule has 0 saturated carbocycles. The highest BCUT2D eigenvalue weighted by Gasteiger charge is 2.10. The molecule has 1 aromatic carbocycles. The van der Waals surface area contributed by atoms with Gasteiger partial charge in [-0.3, -0.25) is 0 Å². The Morgan fingerprint density at radius 1 is 1.47 bits per heavy atom. The summed E-state index contributed by atoms with van der Waals surface area (Å²) in [5.41, 5.74) is 7.83. The average molecular weight is 228 g/mol. The Balaban J connectivity index is 2.55. The number of hydrogen-bond acceptors (Lipinski definition) is 4. The summed E-state index contributed by atoms with van der Waals surface area (Å²) in [5.74, 6) is 1.12. The second kappa shape index (κ2) is 4.18. The molecule has 5 heteroatoms. The molecule has 17 heavy (non-hydrogen) atoms. The fourth-order valence-corrected chi connectivity index (χ4v) is 1.60. The quantitative estimate of drug-likeness (QED) is 0.846. The van der Waals surface area contributed by atoms with Crippen molar-refractivity contribution in [2.24, 2.45) is 7.05 Å². The number of anilines is 1. The average Bonchev–Trinajstić information content (AvgIpc) is 2.69. The highest BCUT2D eigenvalue weighted by Crippen LogP contribution is 2.28. The third kappa shape index (κ3) is 1.81. The summed E-state index contributed by atoms with van der Waals surface area (Å²) in [6.07, 6.45) is 1.64. The van der Waals surface area contributed by atoms with Crippen LogP contribution in [-0.2, 0) is 7.05 Å². The van der Waals surface area contributed by atoms with Gasteiger partial charge in [0.25, 0.3) is 0 Å². The van der Waals surface area contributed by atoms with Crippen LogP contribution in [0.1, 0.15) is 5.56 Å². The van der Waals surface area contributed by atoms with Gasteiger partial charge in [-0.1, -0.05) is 0 Å². The molecular formula is C12H12N4O. The number of hydrogen-bond donors (Lipinski definition) is 1. The van der Waals surface area contributed by atoms with Gasteiger partial charge in [-0.2, -0.15) is 5.26 Å². The first kappa shape index (κ1) is 11.0. The molecule has 2 aromatic rings. The first-order valence-electron chi connectivity index (χ1n) is 5.02. The first-order chi connectivity index (χ1) is 8.17. The van der Waals surface area contributed by atoms with Gasteiger partial charge < -0.3 is 15.0 Å². The Kier molecular flexibility index (Phi) is 2.71. The molecule has 0 aliphatic rings. The standard InChI is InChI=1S/C12H12N4O/c1-16-7-15-11(12(16)14)8-3-4-10(17-2)9(5-8)6-13/h3-5,7H,14H2,1-2H3. The van der Waals surface area contributed by atoms with E-state index in [9.17, 15) is 0 Å². The van der Waals surface area contributed by atoms with Crippen molar-refractivity contribution < 1.29 is 4.74 Å². The molecule has 0 atom stereocenters. The fraction of sp³-hybridized carbons (Fsp3) is 0.167. The maximum absolute atomic E-state index is 9.01. The molecule has 2 rings (SSSR count). The van der Waals surface area contributed by atoms with Gasteiger partial charge in [-0.05, 0) is 18.2 Å². The molecule has 1 heterocycles. The summed E-state index contributed by atoms with van der Waals surface area (Å²) in [5, 5.41) is 9.01. The van der Waals surface area contributed by atoms with Gasteiger partial charge in [0.15, 0.2) is 0 Å². The molecule has 5 nitrogen and oxygen atoms in total. The Bertz CT molecular complexity index is 595. The van der Waals surface area contributed by atoms with Crippen LogP contribution in [0.3, 0.4) is 0 Å². The Morgan fingerprint density at radius 2 is 2.24 bits per heavy atom. The topological polar surface area (TPSA) is 76.9 Å². The van der Waals surface area contributed by atoms with Crippen LogP contribution in [0.25, 0.3) is 11.3 Å². The van der Waals surface area contributed by atoms with Crippen LogP contribution in [0, 0.1) is 11.3 Å². The highest BCUT2D eigenvalue weighted by atomic mass is 16.5. The summed E-state index contributed by atoms with van der Waals surface area (Å²) in [4.78, 5) is 4.20. The molecule has 0 amide bonds. The number of methoxy groups -OCH3 is 1. The molecular weight excluding hydrogens is 216 g/mol.